The summed E-state index contributed by atoms with van der Waals surface area (Å²) in [5, 5.41) is 25.0. The first-order valence-corrected chi connectivity index (χ1v) is 8.86. The standard InChI is InChI=1S/C19H10ClN7O2/c20-14-5-2-1-4-11(14)18-12-8-15(27(28)29)19-13(9-22-25-19)17(12)21-10-16(24-18)26-7-3-6-23-26/h1-10H. The van der Waals surface area contributed by atoms with Crippen molar-refractivity contribution in [3.05, 3.63) is 76.3 Å². The zero-order valence-electron chi connectivity index (χ0n) is 14.6. The monoisotopic (exact) mass is 403 g/mol. The fourth-order valence-electron chi connectivity index (χ4n) is 3.20. The normalized spacial score (nSPS) is 11.2. The van der Waals surface area contributed by atoms with Gasteiger partial charge in [-0.1, -0.05) is 29.8 Å². The Labute approximate surface area is 167 Å². The van der Waals surface area contributed by atoms with Crippen molar-refractivity contribution in [3.63, 3.8) is 0 Å². The van der Waals surface area contributed by atoms with Crippen LogP contribution in [0.3, 0.4) is 0 Å². The van der Waals surface area contributed by atoms with Crippen LogP contribution < -0.4 is 0 Å². The number of halogens is 1. The molecule has 5 rings (SSSR count). The van der Waals surface area contributed by atoms with Crippen LogP contribution in [0.2, 0.25) is 5.02 Å². The number of hydrogen-bond donors (Lipinski definition) is 0. The van der Waals surface area contributed by atoms with Crippen molar-refractivity contribution >= 4 is 39.1 Å². The molecule has 0 fully saturated rings. The first kappa shape index (κ1) is 17.1. The van der Waals surface area contributed by atoms with Gasteiger partial charge in [-0.25, -0.2) is 9.67 Å². The maximum Gasteiger partial charge on any atom is 0.298 e. The average Bonchev–Trinajstić information content (AvgIpc) is 3.38. The zero-order valence-corrected chi connectivity index (χ0v) is 15.4. The van der Waals surface area contributed by atoms with E-state index >= 15 is 0 Å². The molecule has 0 aliphatic carbocycles. The third kappa shape index (κ3) is 2.75. The van der Waals surface area contributed by atoms with Crippen molar-refractivity contribution in [2.45, 2.75) is 0 Å². The van der Waals surface area contributed by atoms with E-state index in [1.165, 1.54) is 12.3 Å². The van der Waals surface area contributed by atoms with Crippen LogP contribution in [0.1, 0.15) is 0 Å². The van der Waals surface area contributed by atoms with Gasteiger partial charge in [0.25, 0.3) is 5.69 Å². The second-order valence-corrected chi connectivity index (χ2v) is 6.57. The predicted octanol–water partition coefficient (Wildman–Crippen LogP) is 3.99. The average molecular weight is 404 g/mol. The molecule has 0 amide bonds. The molecular weight excluding hydrogens is 394 g/mol. The Morgan fingerprint density at radius 3 is 2.69 bits per heavy atom. The molecule has 2 aromatic carbocycles. The highest BCUT2D eigenvalue weighted by Crippen LogP contribution is 2.37. The molecule has 0 spiro atoms. The number of nitro benzene ring substituents is 1. The smallest absolute Gasteiger partial charge is 0.258 e. The van der Waals surface area contributed by atoms with E-state index in [1.54, 1.807) is 47.5 Å². The molecule has 29 heavy (non-hydrogen) atoms. The van der Waals surface area contributed by atoms with Gasteiger partial charge in [0.15, 0.2) is 11.3 Å². The third-order valence-corrected chi connectivity index (χ3v) is 4.82. The number of nitro groups is 1. The lowest BCUT2D eigenvalue weighted by atomic mass is 10.0. The summed E-state index contributed by atoms with van der Waals surface area (Å²) < 4.78 is 1.55. The van der Waals surface area contributed by atoms with E-state index < -0.39 is 4.92 Å². The highest BCUT2D eigenvalue weighted by atomic mass is 35.5. The Morgan fingerprint density at radius 1 is 1.07 bits per heavy atom. The highest BCUT2D eigenvalue weighted by Gasteiger charge is 2.22. The summed E-state index contributed by atoms with van der Waals surface area (Å²) in [6, 6.07) is 10.3. The van der Waals surface area contributed by atoms with E-state index in [0.717, 1.165) is 0 Å². The molecule has 0 radical (unpaired) electrons. The molecule has 0 saturated carbocycles. The van der Waals surface area contributed by atoms with Gasteiger partial charge in [-0.05, 0) is 12.1 Å². The van der Waals surface area contributed by atoms with E-state index in [1.807, 2.05) is 6.07 Å². The summed E-state index contributed by atoms with van der Waals surface area (Å²) in [6.07, 6.45) is 6.36. The van der Waals surface area contributed by atoms with E-state index in [2.05, 4.69) is 20.3 Å². The van der Waals surface area contributed by atoms with Crippen LogP contribution in [0.5, 0.6) is 0 Å². The minimum atomic E-state index is -0.492. The van der Waals surface area contributed by atoms with Crippen molar-refractivity contribution in [1.29, 1.82) is 0 Å². The van der Waals surface area contributed by atoms with Crippen molar-refractivity contribution in [2.75, 3.05) is 0 Å². The predicted molar refractivity (Wildman–Crippen MR) is 107 cm³/mol. The van der Waals surface area contributed by atoms with Crippen molar-refractivity contribution < 1.29 is 4.92 Å². The van der Waals surface area contributed by atoms with Gasteiger partial charge < -0.3 is 0 Å². The molecule has 0 bridgehead atoms. The van der Waals surface area contributed by atoms with Crippen LogP contribution in [0.25, 0.3) is 38.9 Å². The van der Waals surface area contributed by atoms with E-state index in [0.29, 0.717) is 38.4 Å². The molecule has 0 N–H and O–H groups in total. The number of nitrogens with zero attached hydrogens (tertiary/aromatic N) is 7. The van der Waals surface area contributed by atoms with Gasteiger partial charge in [0.2, 0.25) is 0 Å². The van der Waals surface area contributed by atoms with E-state index in [9.17, 15) is 10.1 Å². The lowest BCUT2D eigenvalue weighted by Gasteiger charge is -2.06. The third-order valence-electron chi connectivity index (χ3n) is 4.49. The fourth-order valence-corrected chi connectivity index (χ4v) is 3.42. The van der Waals surface area contributed by atoms with Gasteiger partial charge in [-0.15, -0.1) is 5.10 Å². The Hall–Kier alpha value is -3.98. The Bertz CT molecular complexity index is 1400. The van der Waals surface area contributed by atoms with Crippen LogP contribution >= 0.6 is 11.6 Å². The Kier molecular flexibility index (Phi) is 3.88. The van der Waals surface area contributed by atoms with Gasteiger partial charge in [0.1, 0.15) is 0 Å². The van der Waals surface area contributed by atoms with E-state index in [4.69, 9.17) is 16.6 Å². The second kappa shape index (κ2) is 6.57. The van der Waals surface area contributed by atoms with Gasteiger partial charge in [-0.3, -0.25) is 15.1 Å². The fraction of sp³-hybridized carbons (Fsp3) is 0. The molecule has 3 aromatic heterocycles. The molecule has 0 unspecified atom stereocenters. The van der Waals surface area contributed by atoms with E-state index in [-0.39, 0.29) is 11.2 Å². The minimum absolute atomic E-state index is 0.172. The van der Waals surface area contributed by atoms with Crippen molar-refractivity contribution in [1.82, 2.24) is 29.9 Å². The molecule has 0 saturated heterocycles. The first-order chi connectivity index (χ1) is 14.1. The molecule has 3 heterocycles. The summed E-state index contributed by atoms with van der Waals surface area (Å²) in [7, 11) is 0. The maximum atomic E-state index is 11.7. The lowest BCUT2D eigenvalue weighted by molar-refractivity contribution is -0.383. The second-order valence-electron chi connectivity index (χ2n) is 6.16. The number of aromatic nitrogens is 6. The molecule has 5 aromatic rings. The van der Waals surface area contributed by atoms with Crippen LogP contribution in [-0.4, -0.2) is 34.9 Å². The summed E-state index contributed by atoms with van der Waals surface area (Å²) in [5.74, 6) is 0.435. The Morgan fingerprint density at radius 2 is 1.93 bits per heavy atom. The number of benzene rings is 2. The largest absolute Gasteiger partial charge is 0.298 e. The van der Waals surface area contributed by atoms with Crippen LogP contribution in [0.4, 0.5) is 5.69 Å². The van der Waals surface area contributed by atoms with Gasteiger partial charge in [0.05, 0.1) is 33.9 Å². The molecule has 9 nitrogen and oxygen atoms in total. The first-order valence-electron chi connectivity index (χ1n) is 8.48. The summed E-state index contributed by atoms with van der Waals surface area (Å²) in [4.78, 5) is 20.4. The minimum Gasteiger partial charge on any atom is -0.258 e. The summed E-state index contributed by atoms with van der Waals surface area (Å²) in [6.45, 7) is 0. The van der Waals surface area contributed by atoms with Crippen molar-refractivity contribution in [3.8, 4) is 17.1 Å². The van der Waals surface area contributed by atoms with Crippen LogP contribution in [0.15, 0.2) is 61.2 Å². The Balaban J connectivity index is 1.99. The molecule has 140 valence electrons. The van der Waals surface area contributed by atoms with Crippen molar-refractivity contribution in [2.24, 2.45) is 0 Å². The number of hydrogen-bond acceptors (Lipinski definition) is 7. The van der Waals surface area contributed by atoms with Gasteiger partial charge in [-0.2, -0.15) is 10.2 Å². The molecular formula is C19H10ClN7O2. The maximum absolute atomic E-state index is 11.7. The number of non-ortho nitro benzene ring substituents is 1. The lowest BCUT2D eigenvalue weighted by Crippen LogP contribution is -1.97. The molecule has 0 aliphatic rings. The zero-order chi connectivity index (χ0) is 20.0. The van der Waals surface area contributed by atoms with Crippen LogP contribution in [-0.2, 0) is 0 Å². The van der Waals surface area contributed by atoms with Gasteiger partial charge >= 0.3 is 0 Å². The number of fused-ring (bicyclic) bond motifs is 3. The number of rotatable bonds is 3. The summed E-state index contributed by atoms with van der Waals surface area (Å²) in [5.41, 5.74) is 1.55. The molecule has 0 atom stereocenters. The quantitative estimate of drug-likeness (QED) is 0.330. The molecule has 0 aliphatic heterocycles. The topological polar surface area (TPSA) is 113 Å². The molecule has 10 heteroatoms. The van der Waals surface area contributed by atoms with Gasteiger partial charge in [0, 0.05) is 34.4 Å². The SMILES string of the molecule is O=[N+]([O-])c1cc2c(-c3ccccc3Cl)nc(-n3cccn3)cnc2c2cnnc12. The summed E-state index contributed by atoms with van der Waals surface area (Å²) >= 11 is 6.44. The highest BCUT2D eigenvalue weighted by molar-refractivity contribution is 6.33. The van der Waals surface area contributed by atoms with Crippen LogP contribution in [0, 0.1) is 10.1 Å².